The average molecular weight is 671 g/mol. The van der Waals surface area contributed by atoms with E-state index >= 15 is 0 Å². The molecule has 0 bridgehead atoms. The van der Waals surface area contributed by atoms with Crippen LogP contribution in [-0.4, -0.2) is 94.4 Å². The van der Waals surface area contributed by atoms with Crippen molar-refractivity contribution in [3.63, 3.8) is 0 Å². The van der Waals surface area contributed by atoms with Crippen molar-refractivity contribution in [2.24, 2.45) is 5.92 Å². The highest BCUT2D eigenvalue weighted by molar-refractivity contribution is 7.80. The number of likely N-dealkylation sites (tertiary alicyclic amines) is 1. The molecule has 1 heterocycles. The predicted octanol–water partition coefficient (Wildman–Crippen LogP) is 2.46. The van der Waals surface area contributed by atoms with Crippen LogP contribution in [0.15, 0.2) is 54.6 Å². The topological polar surface area (TPSA) is 191 Å². The van der Waals surface area contributed by atoms with Gasteiger partial charge < -0.3 is 35.8 Å². The number of thiol groups is 1. The molecule has 2 aromatic rings. The van der Waals surface area contributed by atoms with Crippen LogP contribution >= 0.6 is 12.6 Å². The van der Waals surface area contributed by atoms with Gasteiger partial charge in [-0.05, 0) is 48.4 Å². The molecular weight excluding hydrogens is 628 g/mol. The van der Waals surface area contributed by atoms with Gasteiger partial charge in [-0.3, -0.25) is 19.2 Å². The van der Waals surface area contributed by atoms with Crippen LogP contribution in [0, 0.1) is 5.92 Å². The number of rotatable bonds is 16. The Labute approximate surface area is 278 Å². The number of benzene rings is 2. The number of nitrogens with zero attached hydrogens (tertiary/aromatic N) is 1. The van der Waals surface area contributed by atoms with Gasteiger partial charge in [0.2, 0.25) is 17.7 Å². The molecule has 5 N–H and O–H groups in total. The number of nitrogens with one attached hydrogen (secondary N) is 3. The molecule has 0 spiro atoms. The number of carboxylic acids is 2. The van der Waals surface area contributed by atoms with E-state index in [9.17, 15) is 33.9 Å². The van der Waals surface area contributed by atoms with Crippen LogP contribution in [0.2, 0.25) is 0 Å². The molecule has 0 aromatic heterocycles. The first-order valence-corrected chi connectivity index (χ1v) is 16.0. The lowest BCUT2D eigenvalue weighted by molar-refractivity contribution is -0.141. The van der Waals surface area contributed by atoms with Crippen LogP contribution in [0.1, 0.15) is 60.5 Å². The molecule has 13 nitrogen and oxygen atoms in total. The lowest BCUT2D eigenvalue weighted by Crippen LogP contribution is -2.56. The number of aliphatic carboxylic acids is 1. The monoisotopic (exact) mass is 670 g/mol. The van der Waals surface area contributed by atoms with Crippen LogP contribution in [0.25, 0.3) is 0 Å². The van der Waals surface area contributed by atoms with E-state index < -0.39 is 60.3 Å². The Morgan fingerprint density at radius 3 is 2.23 bits per heavy atom. The van der Waals surface area contributed by atoms with Crippen LogP contribution < -0.4 is 16.0 Å². The Kier molecular flexibility index (Phi) is 14.1. The van der Waals surface area contributed by atoms with Gasteiger partial charge in [0.15, 0.2) is 0 Å². The summed E-state index contributed by atoms with van der Waals surface area (Å²) in [5.41, 5.74) is 1.86. The Bertz CT molecular complexity index is 1400. The number of carbonyl (C=O) groups is 6. The Morgan fingerprint density at radius 1 is 0.957 bits per heavy atom. The van der Waals surface area contributed by atoms with E-state index in [0.29, 0.717) is 6.42 Å². The molecule has 3 rings (SSSR count). The van der Waals surface area contributed by atoms with Crippen molar-refractivity contribution in [1.82, 2.24) is 20.9 Å². The summed E-state index contributed by atoms with van der Waals surface area (Å²) in [7, 11) is 0. The molecule has 0 radical (unpaired) electrons. The summed E-state index contributed by atoms with van der Waals surface area (Å²) in [6, 6.07) is 12.3. The SMILES string of the molecule is CC(C)COC(=O)N[C@@H](CCC(=O)O)C(=O)N1C[C@H](c2ccccc2)C[C@H]1C(=O)N[C@@H](CS)C(=O)NCCc1ccc(C(=O)O)cc1. The van der Waals surface area contributed by atoms with E-state index in [1.807, 2.05) is 44.2 Å². The largest absolute Gasteiger partial charge is 0.481 e. The van der Waals surface area contributed by atoms with Gasteiger partial charge in [0.25, 0.3) is 0 Å². The highest BCUT2D eigenvalue weighted by Gasteiger charge is 2.43. The standard InChI is InChI=1S/C33H42N4O9S/c1-20(2)18-46-33(45)36-25(12-13-28(38)39)31(42)37-17-24(22-6-4-3-5-7-22)16-27(37)30(41)35-26(19-47)29(40)34-15-14-21-8-10-23(11-9-21)32(43)44/h3-11,20,24-27,47H,12-19H2,1-2H3,(H,34,40)(H,35,41)(H,36,45)(H,38,39)(H,43,44)/t24-,25+,26+,27+/m1/s1. The van der Waals surface area contributed by atoms with Crippen LogP contribution in [0.3, 0.4) is 0 Å². The van der Waals surface area contributed by atoms with Gasteiger partial charge in [0.05, 0.1) is 12.2 Å². The van der Waals surface area contributed by atoms with Crippen molar-refractivity contribution >= 4 is 48.4 Å². The van der Waals surface area contributed by atoms with Gasteiger partial charge in [-0.25, -0.2) is 9.59 Å². The number of carbonyl (C=O) groups excluding carboxylic acids is 4. The van der Waals surface area contributed by atoms with Crippen molar-refractivity contribution < 1.29 is 43.7 Å². The number of hydrogen-bond acceptors (Lipinski definition) is 8. The van der Waals surface area contributed by atoms with E-state index in [1.165, 1.54) is 17.0 Å². The maximum absolute atomic E-state index is 13.9. The molecule has 0 saturated carbocycles. The summed E-state index contributed by atoms with van der Waals surface area (Å²) in [4.78, 5) is 76.9. The summed E-state index contributed by atoms with van der Waals surface area (Å²) < 4.78 is 5.16. The van der Waals surface area contributed by atoms with Gasteiger partial charge in [0, 0.05) is 31.2 Å². The first kappa shape index (κ1) is 36.9. The van der Waals surface area contributed by atoms with Gasteiger partial charge in [-0.1, -0.05) is 56.3 Å². The Hall–Kier alpha value is -4.59. The molecule has 0 aliphatic carbocycles. The quantitative estimate of drug-likeness (QED) is 0.146. The summed E-state index contributed by atoms with van der Waals surface area (Å²) >= 11 is 4.26. The molecule has 47 heavy (non-hydrogen) atoms. The van der Waals surface area contributed by atoms with Gasteiger partial charge >= 0.3 is 18.0 Å². The molecule has 1 aliphatic rings. The zero-order valence-electron chi connectivity index (χ0n) is 26.4. The second-order valence-corrected chi connectivity index (χ2v) is 12.1. The molecule has 1 aliphatic heterocycles. The molecule has 1 fully saturated rings. The van der Waals surface area contributed by atoms with Crippen molar-refractivity contribution in [3.05, 3.63) is 71.3 Å². The first-order chi connectivity index (χ1) is 22.4. The van der Waals surface area contributed by atoms with Crippen molar-refractivity contribution in [2.45, 2.75) is 63.6 Å². The lowest BCUT2D eigenvalue weighted by atomic mass is 9.96. The fraction of sp³-hybridized carbons (Fsp3) is 0.455. The number of hydrogen-bond donors (Lipinski definition) is 6. The molecule has 4 atom stereocenters. The summed E-state index contributed by atoms with van der Waals surface area (Å²) in [5, 5.41) is 26.3. The average Bonchev–Trinajstić information content (AvgIpc) is 3.50. The van der Waals surface area contributed by atoms with Crippen molar-refractivity contribution in [1.29, 1.82) is 0 Å². The van der Waals surface area contributed by atoms with Crippen molar-refractivity contribution in [3.8, 4) is 0 Å². The number of amides is 4. The zero-order valence-corrected chi connectivity index (χ0v) is 27.3. The van der Waals surface area contributed by atoms with Gasteiger partial charge in [-0.2, -0.15) is 12.6 Å². The lowest BCUT2D eigenvalue weighted by Gasteiger charge is -2.29. The molecule has 0 unspecified atom stereocenters. The maximum Gasteiger partial charge on any atom is 0.407 e. The normalized spacial score (nSPS) is 17.0. The third-order valence-corrected chi connectivity index (χ3v) is 8.04. The van der Waals surface area contributed by atoms with E-state index in [2.05, 4.69) is 28.6 Å². The highest BCUT2D eigenvalue weighted by Crippen LogP contribution is 2.33. The highest BCUT2D eigenvalue weighted by atomic mass is 32.1. The van der Waals surface area contributed by atoms with E-state index in [1.54, 1.807) is 12.1 Å². The van der Waals surface area contributed by atoms with Crippen LogP contribution in [-0.2, 0) is 30.3 Å². The van der Waals surface area contributed by atoms with E-state index in [4.69, 9.17) is 9.84 Å². The smallest absolute Gasteiger partial charge is 0.407 e. The zero-order chi connectivity index (χ0) is 34.5. The molecular formula is C33H42N4O9S. The van der Waals surface area contributed by atoms with E-state index in [0.717, 1.165) is 11.1 Å². The molecule has 4 amide bonds. The van der Waals surface area contributed by atoms with Crippen molar-refractivity contribution in [2.75, 3.05) is 25.4 Å². The summed E-state index contributed by atoms with van der Waals surface area (Å²) in [5.74, 6) is -4.13. The minimum Gasteiger partial charge on any atom is -0.481 e. The maximum atomic E-state index is 13.9. The number of aromatic carboxylic acids is 1. The molecule has 1 saturated heterocycles. The minimum absolute atomic E-state index is 0.0296. The molecule has 2 aromatic carbocycles. The summed E-state index contributed by atoms with van der Waals surface area (Å²) in [6.45, 7) is 4.14. The Morgan fingerprint density at radius 2 is 1.64 bits per heavy atom. The summed E-state index contributed by atoms with van der Waals surface area (Å²) in [6.07, 6.45) is -0.830. The molecule has 14 heteroatoms. The molecule has 254 valence electrons. The number of ether oxygens (including phenoxy) is 1. The minimum atomic E-state index is -1.26. The fourth-order valence-electron chi connectivity index (χ4n) is 5.18. The second kappa shape index (κ2) is 17.9. The van der Waals surface area contributed by atoms with Crippen LogP contribution in [0.4, 0.5) is 4.79 Å². The fourth-order valence-corrected chi connectivity index (χ4v) is 5.43. The third-order valence-electron chi connectivity index (χ3n) is 7.67. The number of carboxylic acid groups (broad SMARTS) is 2. The van der Waals surface area contributed by atoms with Gasteiger partial charge in [-0.15, -0.1) is 0 Å². The Balaban J connectivity index is 1.73. The number of alkyl carbamates (subject to hydrolysis) is 1. The van der Waals surface area contributed by atoms with E-state index in [-0.39, 0.29) is 55.7 Å². The van der Waals surface area contributed by atoms with Crippen LogP contribution in [0.5, 0.6) is 0 Å². The second-order valence-electron chi connectivity index (χ2n) is 11.8. The third kappa shape index (κ3) is 11.3. The first-order valence-electron chi connectivity index (χ1n) is 15.4. The predicted molar refractivity (Wildman–Crippen MR) is 175 cm³/mol. The van der Waals surface area contributed by atoms with Gasteiger partial charge in [0.1, 0.15) is 18.1 Å².